The second-order valence-corrected chi connectivity index (χ2v) is 12.3. The molecule has 0 spiro atoms. The van der Waals surface area contributed by atoms with Crippen LogP contribution in [-0.4, -0.2) is 9.97 Å². The first-order valence-corrected chi connectivity index (χ1v) is 15.0. The van der Waals surface area contributed by atoms with Crippen molar-refractivity contribution in [2.75, 3.05) is 0 Å². The van der Waals surface area contributed by atoms with Crippen molar-refractivity contribution in [2.24, 2.45) is 5.41 Å². The molecule has 0 N–H and O–H groups in total. The van der Waals surface area contributed by atoms with Crippen LogP contribution in [0.5, 0.6) is 0 Å². The molecule has 3 heteroatoms. The minimum Gasteiger partial charge on any atom is -0.305 e. The van der Waals surface area contributed by atoms with Crippen LogP contribution < -0.4 is 0 Å². The quantitative estimate of drug-likeness (QED) is 0.158. The van der Waals surface area contributed by atoms with Gasteiger partial charge in [-0.25, -0.2) is 0 Å². The number of aromatic nitrogens is 2. The molecule has 1 radical (unpaired) electrons. The average molecular weight is 767 g/mol. The molecule has 2 aromatic heterocycles. The molecule has 0 aliphatic heterocycles. The fourth-order valence-corrected chi connectivity index (χ4v) is 5.16. The van der Waals surface area contributed by atoms with Gasteiger partial charge in [-0.1, -0.05) is 130 Å². The van der Waals surface area contributed by atoms with Crippen LogP contribution in [0.25, 0.3) is 33.6 Å². The Kier molecular flexibility index (Phi) is 10.4. The van der Waals surface area contributed by atoms with Crippen LogP contribution in [0.1, 0.15) is 54.1 Å². The molecule has 2 heterocycles. The summed E-state index contributed by atoms with van der Waals surface area (Å²) < 4.78 is 16.9. The number of pyridine rings is 2. The second kappa shape index (κ2) is 15.2. The molecule has 0 saturated heterocycles. The first-order valence-electron chi connectivity index (χ1n) is 16.0. The van der Waals surface area contributed by atoms with Gasteiger partial charge in [-0.3, -0.25) is 0 Å². The topological polar surface area (TPSA) is 25.8 Å². The Morgan fingerprint density at radius 2 is 1.36 bits per heavy atom. The smallest absolute Gasteiger partial charge is 0.0321 e. The maximum atomic E-state index is 8.45. The van der Waals surface area contributed by atoms with Crippen molar-refractivity contribution in [2.45, 2.75) is 46.4 Å². The molecular formula is C42H40IrN2-2. The molecule has 0 saturated carbocycles. The van der Waals surface area contributed by atoms with Crippen LogP contribution in [0, 0.1) is 17.5 Å². The fourth-order valence-electron chi connectivity index (χ4n) is 5.16. The van der Waals surface area contributed by atoms with Crippen LogP contribution in [0.15, 0.2) is 140 Å². The largest absolute Gasteiger partial charge is 0.305 e. The van der Waals surface area contributed by atoms with E-state index in [9.17, 15) is 0 Å². The zero-order chi connectivity index (χ0) is 32.8. The maximum absolute atomic E-state index is 8.45. The first-order chi connectivity index (χ1) is 22.0. The fraction of sp³-hybridized carbons (Fsp3) is 0.190. The van der Waals surface area contributed by atoms with Gasteiger partial charge < -0.3 is 9.97 Å². The van der Waals surface area contributed by atoms with E-state index in [4.69, 9.17) is 2.74 Å². The van der Waals surface area contributed by atoms with Gasteiger partial charge in [0.1, 0.15) is 0 Å². The SMILES string of the molecule is CC(C)(c1ccccc1)c1cccnc1-c1[c-]cccc1.[2H]C([2H])(c1ccnc(-c2[c-]cc(-c3ccccc3)cc2)c1)C(C)(C)C.[Ir]. The standard InChI is InChI=1S/C22H22N.C20H18N.Ir/c1-22(2,3)16-17-13-14-23-21(15-17)20-11-9-19(10-12-20)18-7-5-4-6-8-18;1-20(2,17-12-7-4-8-13-17)18-14-9-15-21-19(18)16-10-5-3-6-11-16;/h4-11,13-15H,16H2,1-3H3;3-10,12-15H,1-2H3;/q2*-1;/i16D2;;. The van der Waals surface area contributed by atoms with Crippen molar-refractivity contribution in [3.63, 3.8) is 0 Å². The third kappa shape index (κ3) is 8.94. The normalized spacial score (nSPS) is 12.1. The van der Waals surface area contributed by atoms with E-state index in [0.29, 0.717) is 5.56 Å². The van der Waals surface area contributed by atoms with Crippen molar-refractivity contribution in [3.05, 3.63) is 169 Å². The van der Waals surface area contributed by atoms with Crippen molar-refractivity contribution in [1.82, 2.24) is 9.97 Å². The van der Waals surface area contributed by atoms with E-state index in [1.807, 2.05) is 93.7 Å². The summed E-state index contributed by atoms with van der Waals surface area (Å²) in [6, 6.07) is 49.1. The summed E-state index contributed by atoms with van der Waals surface area (Å²) in [6.45, 7) is 10.2. The van der Waals surface area contributed by atoms with Crippen molar-refractivity contribution < 1.29 is 22.8 Å². The van der Waals surface area contributed by atoms with E-state index < -0.39 is 11.8 Å². The predicted octanol–water partition coefficient (Wildman–Crippen LogP) is 10.7. The van der Waals surface area contributed by atoms with Gasteiger partial charge in [-0.05, 0) is 40.9 Å². The Morgan fingerprint density at radius 3 is 2.00 bits per heavy atom. The predicted molar refractivity (Wildman–Crippen MR) is 184 cm³/mol. The third-order valence-corrected chi connectivity index (χ3v) is 7.42. The van der Waals surface area contributed by atoms with Gasteiger partial charge in [0, 0.05) is 40.7 Å². The summed E-state index contributed by atoms with van der Waals surface area (Å²) in [5, 5.41) is 0. The summed E-state index contributed by atoms with van der Waals surface area (Å²) >= 11 is 0. The van der Waals surface area contributed by atoms with Crippen LogP contribution in [-0.2, 0) is 31.9 Å². The van der Waals surface area contributed by atoms with Gasteiger partial charge in [0.15, 0.2) is 0 Å². The van der Waals surface area contributed by atoms with E-state index in [0.717, 1.165) is 33.6 Å². The van der Waals surface area contributed by atoms with Crippen molar-refractivity contribution >= 4 is 0 Å². The Balaban J connectivity index is 0.000000211. The van der Waals surface area contributed by atoms with E-state index in [1.165, 1.54) is 11.1 Å². The Bertz CT molecular complexity index is 1850. The van der Waals surface area contributed by atoms with Crippen molar-refractivity contribution in [3.8, 4) is 33.6 Å². The Labute approximate surface area is 285 Å². The second-order valence-electron chi connectivity index (χ2n) is 12.3. The molecule has 0 atom stereocenters. The Hall–Kier alpha value is -4.17. The van der Waals surface area contributed by atoms with Gasteiger partial charge in [0.05, 0.1) is 0 Å². The van der Waals surface area contributed by atoms with E-state index in [-0.39, 0.29) is 25.5 Å². The molecule has 0 bridgehead atoms. The zero-order valence-electron chi connectivity index (χ0n) is 28.5. The summed E-state index contributed by atoms with van der Waals surface area (Å²) in [6.07, 6.45) is 2.09. The first kappa shape index (κ1) is 30.8. The van der Waals surface area contributed by atoms with Crippen LogP contribution >= 0.6 is 0 Å². The zero-order valence-corrected chi connectivity index (χ0v) is 28.9. The Morgan fingerprint density at radius 1 is 0.644 bits per heavy atom. The van der Waals surface area contributed by atoms with Gasteiger partial charge in [-0.15, -0.1) is 65.7 Å². The summed E-state index contributed by atoms with van der Waals surface area (Å²) in [5.74, 6) is 0. The minimum atomic E-state index is -1.44. The molecule has 0 aliphatic rings. The monoisotopic (exact) mass is 767 g/mol. The van der Waals surface area contributed by atoms with Gasteiger partial charge in [0.2, 0.25) is 0 Å². The molecule has 0 aliphatic carbocycles. The van der Waals surface area contributed by atoms with E-state index in [2.05, 4.69) is 90.5 Å². The van der Waals surface area contributed by atoms with Crippen LogP contribution in [0.3, 0.4) is 0 Å². The van der Waals surface area contributed by atoms with Gasteiger partial charge >= 0.3 is 0 Å². The molecule has 2 nitrogen and oxygen atoms in total. The number of hydrogen-bond acceptors (Lipinski definition) is 2. The molecule has 45 heavy (non-hydrogen) atoms. The number of hydrogen-bond donors (Lipinski definition) is 0. The third-order valence-electron chi connectivity index (χ3n) is 7.42. The maximum Gasteiger partial charge on any atom is 0.0321 e. The molecule has 229 valence electrons. The molecule has 6 aromatic rings. The minimum absolute atomic E-state index is 0. The molecule has 0 fully saturated rings. The molecule has 0 amide bonds. The molecular weight excluding hydrogens is 725 g/mol. The molecule has 4 aromatic carbocycles. The summed E-state index contributed by atoms with van der Waals surface area (Å²) in [4.78, 5) is 9.02. The number of benzene rings is 4. The molecule has 6 rings (SSSR count). The summed E-state index contributed by atoms with van der Waals surface area (Å²) in [7, 11) is 0. The van der Waals surface area contributed by atoms with Crippen molar-refractivity contribution in [1.29, 1.82) is 0 Å². The van der Waals surface area contributed by atoms with E-state index >= 15 is 0 Å². The van der Waals surface area contributed by atoms with E-state index in [1.54, 1.807) is 12.3 Å². The van der Waals surface area contributed by atoms with Crippen LogP contribution in [0.4, 0.5) is 0 Å². The van der Waals surface area contributed by atoms with Gasteiger partial charge in [-0.2, -0.15) is 0 Å². The average Bonchev–Trinajstić information content (AvgIpc) is 3.09. The summed E-state index contributed by atoms with van der Waals surface area (Å²) in [5.41, 5.74) is 8.46. The molecule has 0 unspecified atom stereocenters. The van der Waals surface area contributed by atoms with Crippen LogP contribution in [0.2, 0.25) is 0 Å². The number of rotatable bonds is 6. The number of nitrogens with zero attached hydrogens (tertiary/aromatic N) is 2. The van der Waals surface area contributed by atoms with Gasteiger partial charge in [0.25, 0.3) is 0 Å².